The predicted octanol–water partition coefficient (Wildman–Crippen LogP) is 2.50. The number of rotatable bonds is 8. The Balaban J connectivity index is 1.80. The van der Waals surface area contributed by atoms with Gasteiger partial charge in [0.15, 0.2) is 0 Å². The van der Waals surface area contributed by atoms with E-state index in [2.05, 4.69) is 5.32 Å². The SMILES string of the molecule is Cc1ccccc1OCCCC(=O)NC(C(N)=O)c1ccccc1. The first-order valence-corrected chi connectivity index (χ1v) is 7.90. The third-order valence-electron chi connectivity index (χ3n) is 3.62. The maximum absolute atomic E-state index is 12.0. The molecule has 0 bridgehead atoms. The van der Waals surface area contributed by atoms with Crippen molar-refractivity contribution in [1.29, 1.82) is 0 Å². The number of nitrogens with two attached hydrogens (primary N) is 1. The van der Waals surface area contributed by atoms with Crippen LogP contribution in [0.5, 0.6) is 5.75 Å². The summed E-state index contributed by atoms with van der Waals surface area (Å²) in [5.41, 5.74) is 7.12. The molecule has 2 rings (SSSR count). The van der Waals surface area contributed by atoms with Crippen LogP contribution in [-0.2, 0) is 9.59 Å². The quantitative estimate of drug-likeness (QED) is 0.731. The predicted molar refractivity (Wildman–Crippen MR) is 92.4 cm³/mol. The number of ether oxygens (including phenoxy) is 1. The molecule has 0 heterocycles. The van der Waals surface area contributed by atoms with Crippen molar-refractivity contribution in [3.05, 3.63) is 65.7 Å². The lowest BCUT2D eigenvalue weighted by molar-refractivity contribution is -0.127. The number of primary amides is 1. The van der Waals surface area contributed by atoms with E-state index in [1.54, 1.807) is 24.3 Å². The molecule has 24 heavy (non-hydrogen) atoms. The van der Waals surface area contributed by atoms with Crippen LogP contribution >= 0.6 is 0 Å². The average Bonchev–Trinajstić information content (AvgIpc) is 2.58. The summed E-state index contributed by atoms with van der Waals surface area (Å²) in [7, 11) is 0. The largest absolute Gasteiger partial charge is 0.493 e. The minimum absolute atomic E-state index is 0.226. The van der Waals surface area contributed by atoms with E-state index in [0.717, 1.165) is 11.3 Å². The first-order chi connectivity index (χ1) is 11.6. The molecule has 0 saturated heterocycles. The van der Waals surface area contributed by atoms with Gasteiger partial charge in [-0.25, -0.2) is 0 Å². The van der Waals surface area contributed by atoms with E-state index in [1.807, 2.05) is 37.3 Å². The van der Waals surface area contributed by atoms with Crippen LogP contribution < -0.4 is 15.8 Å². The number of hydrogen-bond donors (Lipinski definition) is 2. The van der Waals surface area contributed by atoms with Crippen LogP contribution in [0.3, 0.4) is 0 Å². The minimum atomic E-state index is -0.809. The lowest BCUT2D eigenvalue weighted by Crippen LogP contribution is -2.37. The Morgan fingerprint density at radius 1 is 1.08 bits per heavy atom. The minimum Gasteiger partial charge on any atom is -0.493 e. The first-order valence-electron chi connectivity index (χ1n) is 7.90. The van der Waals surface area contributed by atoms with Gasteiger partial charge in [0.1, 0.15) is 11.8 Å². The Hall–Kier alpha value is -2.82. The van der Waals surface area contributed by atoms with Crippen molar-refractivity contribution in [3.63, 3.8) is 0 Å². The monoisotopic (exact) mass is 326 g/mol. The molecule has 0 saturated carbocycles. The summed E-state index contributed by atoms with van der Waals surface area (Å²) >= 11 is 0. The van der Waals surface area contributed by atoms with Crippen LogP contribution in [0.25, 0.3) is 0 Å². The molecule has 5 heteroatoms. The van der Waals surface area contributed by atoms with E-state index < -0.39 is 11.9 Å². The number of hydrogen-bond acceptors (Lipinski definition) is 3. The molecule has 126 valence electrons. The fourth-order valence-corrected chi connectivity index (χ4v) is 2.33. The lowest BCUT2D eigenvalue weighted by Gasteiger charge is -2.16. The van der Waals surface area contributed by atoms with E-state index in [-0.39, 0.29) is 12.3 Å². The number of carbonyl (C=O) groups excluding carboxylic acids is 2. The zero-order valence-electron chi connectivity index (χ0n) is 13.7. The van der Waals surface area contributed by atoms with Crippen molar-refractivity contribution in [2.75, 3.05) is 6.61 Å². The van der Waals surface area contributed by atoms with Gasteiger partial charge >= 0.3 is 0 Å². The fourth-order valence-electron chi connectivity index (χ4n) is 2.33. The average molecular weight is 326 g/mol. The molecule has 1 atom stereocenters. The van der Waals surface area contributed by atoms with Crippen molar-refractivity contribution in [2.45, 2.75) is 25.8 Å². The number of amides is 2. The van der Waals surface area contributed by atoms with Crippen LogP contribution in [0, 0.1) is 6.92 Å². The standard InChI is InChI=1S/C19H22N2O3/c1-14-8-5-6-11-16(14)24-13-7-12-17(22)21-18(19(20)23)15-9-3-2-4-10-15/h2-6,8-11,18H,7,12-13H2,1H3,(H2,20,23)(H,21,22). The molecule has 5 nitrogen and oxygen atoms in total. The van der Waals surface area contributed by atoms with E-state index in [4.69, 9.17) is 10.5 Å². The summed E-state index contributed by atoms with van der Waals surface area (Å²) in [6, 6.07) is 15.9. The molecule has 0 aliphatic carbocycles. The summed E-state index contributed by atoms with van der Waals surface area (Å²) in [5, 5.41) is 2.67. The van der Waals surface area contributed by atoms with Crippen molar-refractivity contribution in [2.24, 2.45) is 5.73 Å². The molecule has 2 amide bonds. The van der Waals surface area contributed by atoms with Crippen molar-refractivity contribution in [3.8, 4) is 5.75 Å². The number of aryl methyl sites for hydroxylation is 1. The van der Waals surface area contributed by atoms with E-state index in [9.17, 15) is 9.59 Å². The normalized spacial score (nSPS) is 11.5. The van der Waals surface area contributed by atoms with Gasteiger partial charge in [-0.05, 0) is 30.5 Å². The molecule has 0 aliphatic rings. The van der Waals surface area contributed by atoms with Crippen molar-refractivity contribution >= 4 is 11.8 Å². The molecule has 2 aromatic carbocycles. The molecule has 0 aromatic heterocycles. The van der Waals surface area contributed by atoms with Crippen LogP contribution in [0.1, 0.15) is 30.0 Å². The topological polar surface area (TPSA) is 81.4 Å². The van der Waals surface area contributed by atoms with Gasteiger partial charge in [0.25, 0.3) is 0 Å². The maximum atomic E-state index is 12.0. The Kier molecular flexibility index (Phi) is 6.37. The Labute approximate surface area is 141 Å². The van der Waals surface area contributed by atoms with E-state index >= 15 is 0 Å². The van der Waals surface area contributed by atoms with E-state index in [1.165, 1.54) is 0 Å². The van der Waals surface area contributed by atoms with Crippen LogP contribution in [-0.4, -0.2) is 18.4 Å². The second-order valence-electron chi connectivity index (χ2n) is 5.53. The molecule has 0 radical (unpaired) electrons. The highest BCUT2D eigenvalue weighted by molar-refractivity contribution is 5.87. The van der Waals surface area contributed by atoms with Gasteiger partial charge in [0.2, 0.25) is 11.8 Å². The molecular weight excluding hydrogens is 304 g/mol. The zero-order chi connectivity index (χ0) is 17.4. The molecule has 2 aromatic rings. The maximum Gasteiger partial charge on any atom is 0.244 e. The summed E-state index contributed by atoms with van der Waals surface area (Å²) < 4.78 is 5.65. The number of carbonyl (C=O) groups is 2. The van der Waals surface area contributed by atoms with Gasteiger partial charge in [-0.2, -0.15) is 0 Å². The second-order valence-corrected chi connectivity index (χ2v) is 5.53. The number of benzene rings is 2. The zero-order valence-corrected chi connectivity index (χ0v) is 13.7. The van der Waals surface area contributed by atoms with Gasteiger partial charge in [-0.1, -0.05) is 48.5 Å². The van der Waals surface area contributed by atoms with Gasteiger partial charge in [-0.15, -0.1) is 0 Å². The van der Waals surface area contributed by atoms with Crippen LogP contribution in [0.4, 0.5) is 0 Å². The van der Waals surface area contributed by atoms with E-state index in [0.29, 0.717) is 18.6 Å². The molecular formula is C19H22N2O3. The number of nitrogens with one attached hydrogen (secondary N) is 1. The van der Waals surface area contributed by atoms with Gasteiger partial charge in [0, 0.05) is 6.42 Å². The lowest BCUT2D eigenvalue weighted by atomic mass is 10.1. The van der Waals surface area contributed by atoms with Gasteiger partial charge in [0.05, 0.1) is 6.61 Å². The van der Waals surface area contributed by atoms with Crippen molar-refractivity contribution in [1.82, 2.24) is 5.32 Å². The summed E-state index contributed by atoms with van der Waals surface area (Å²) in [6.45, 7) is 2.41. The summed E-state index contributed by atoms with van der Waals surface area (Å²) in [6.07, 6.45) is 0.822. The Morgan fingerprint density at radius 3 is 2.42 bits per heavy atom. The molecule has 0 spiro atoms. The summed E-state index contributed by atoms with van der Waals surface area (Å²) in [4.78, 5) is 23.6. The highest BCUT2D eigenvalue weighted by Crippen LogP contribution is 2.16. The molecule has 3 N–H and O–H groups in total. The summed E-state index contributed by atoms with van der Waals surface area (Å²) in [5.74, 6) is 0.0129. The molecule has 1 unspecified atom stereocenters. The first kappa shape index (κ1) is 17.5. The van der Waals surface area contributed by atoms with Gasteiger partial charge < -0.3 is 15.8 Å². The van der Waals surface area contributed by atoms with Crippen LogP contribution in [0.2, 0.25) is 0 Å². The Bertz CT molecular complexity index is 686. The Morgan fingerprint density at radius 2 is 1.75 bits per heavy atom. The second kappa shape index (κ2) is 8.72. The highest BCUT2D eigenvalue weighted by Gasteiger charge is 2.19. The third kappa shape index (κ3) is 5.12. The van der Waals surface area contributed by atoms with Crippen LogP contribution in [0.15, 0.2) is 54.6 Å². The highest BCUT2D eigenvalue weighted by atomic mass is 16.5. The van der Waals surface area contributed by atoms with Gasteiger partial charge in [-0.3, -0.25) is 9.59 Å². The number of para-hydroxylation sites is 1. The van der Waals surface area contributed by atoms with Crippen molar-refractivity contribution < 1.29 is 14.3 Å². The smallest absolute Gasteiger partial charge is 0.244 e. The fraction of sp³-hybridized carbons (Fsp3) is 0.263. The molecule has 0 aliphatic heterocycles. The third-order valence-corrected chi connectivity index (χ3v) is 3.62. The molecule has 0 fully saturated rings.